The molecule has 0 radical (unpaired) electrons. The number of rotatable bonds is 11. The fourth-order valence-electron chi connectivity index (χ4n) is 5.71. The predicted molar refractivity (Wildman–Crippen MR) is 150 cm³/mol. The van der Waals surface area contributed by atoms with Gasteiger partial charge >= 0.3 is 5.97 Å². The zero-order chi connectivity index (χ0) is 27.9. The second kappa shape index (κ2) is 12.8. The Hall–Kier alpha value is -2.23. The zero-order valence-corrected chi connectivity index (χ0v) is 24.8. The molecule has 4 heteroatoms. The van der Waals surface area contributed by atoms with Gasteiger partial charge in [0.2, 0.25) is 0 Å². The highest BCUT2D eigenvalue weighted by Crippen LogP contribution is 2.61. The van der Waals surface area contributed by atoms with Gasteiger partial charge in [-0.2, -0.15) is 0 Å². The number of Topliss-reactive ketones (excluding diaryl/α,β-unsaturated/α-hetero) is 2. The third kappa shape index (κ3) is 6.75. The molecular weight excluding hydrogens is 448 g/mol. The van der Waals surface area contributed by atoms with E-state index in [1.807, 2.05) is 53.7 Å². The summed E-state index contributed by atoms with van der Waals surface area (Å²) in [5, 5.41) is 0. The van der Waals surface area contributed by atoms with Crippen LogP contribution >= 0.6 is 0 Å². The predicted octanol–water partition coefficient (Wildman–Crippen LogP) is 8.13. The molecule has 0 amide bonds. The van der Waals surface area contributed by atoms with Gasteiger partial charge in [0.15, 0.2) is 5.78 Å². The topological polar surface area (TPSA) is 60.4 Å². The molecule has 4 nitrogen and oxygen atoms in total. The largest absolute Gasteiger partial charge is 0.468 e. The van der Waals surface area contributed by atoms with E-state index in [9.17, 15) is 14.4 Å². The Kier molecular flexibility index (Phi) is 11.3. The molecular formula is C32H50O4. The molecule has 0 aliphatic heterocycles. The highest BCUT2D eigenvalue weighted by atomic mass is 16.5. The van der Waals surface area contributed by atoms with Crippen LogP contribution in [-0.2, 0) is 19.1 Å². The van der Waals surface area contributed by atoms with E-state index in [2.05, 4.69) is 32.9 Å². The maximum Gasteiger partial charge on any atom is 0.319 e. The summed E-state index contributed by atoms with van der Waals surface area (Å²) in [6.07, 6.45) is 12.0. The SMILES string of the molecule is COC(=O)[C@@]1(CC=C(C)C)C[C@@H](C/C=C(\C)CCC=C(C)C)C(C)(C)[C@](CC=C(C)C)(C(C)=O)C1=O. The van der Waals surface area contributed by atoms with Crippen molar-refractivity contribution in [1.29, 1.82) is 0 Å². The van der Waals surface area contributed by atoms with E-state index in [0.717, 1.165) is 24.0 Å². The molecule has 0 heterocycles. The van der Waals surface area contributed by atoms with Crippen LogP contribution in [0, 0.1) is 22.2 Å². The average Bonchev–Trinajstić information content (AvgIpc) is 2.76. The normalized spacial score (nSPS) is 25.6. The van der Waals surface area contributed by atoms with Gasteiger partial charge in [-0.15, -0.1) is 0 Å². The standard InChI is InChI=1S/C32H50O4/c1-22(2)13-12-14-25(7)15-16-27-21-31(29(35)36-11,19-17-23(3)4)28(34)32(26(8)33,30(27,9)10)20-18-24(5)6/h13,15,17-18,27H,12,14,16,19-21H2,1-11H3/b25-15+/t27-,31+,32-/m1/s1. The molecule has 0 saturated heterocycles. The molecule has 1 fully saturated rings. The van der Waals surface area contributed by atoms with Crippen molar-refractivity contribution < 1.29 is 19.1 Å². The van der Waals surface area contributed by atoms with Gasteiger partial charge in [0.25, 0.3) is 0 Å². The van der Waals surface area contributed by atoms with Crippen LogP contribution in [0.5, 0.6) is 0 Å². The van der Waals surface area contributed by atoms with Crippen LogP contribution in [0.2, 0.25) is 0 Å². The Morgan fingerprint density at radius 3 is 1.86 bits per heavy atom. The second-order valence-corrected chi connectivity index (χ2v) is 12.1. The lowest BCUT2D eigenvalue weighted by atomic mass is 9.43. The van der Waals surface area contributed by atoms with Crippen LogP contribution in [0.3, 0.4) is 0 Å². The first-order valence-corrected chi connectivity index (χ1v) is 13.3. The lowest BCUT2D eigenvalue weighted by molar-refractivity contribution is -0.180. The number of carbonyl (C=O) groups is 3. The van der Waals surface area contributed by atoms with Crippen LogP contribution < -0.4 is 0 Å². The third-order valence-electron chi connectivity index (χ3n) is 8.23. The van der Waals surface area contributed by atoms with E-state index in [1.165, 1.54) is 25.2 Å². The number of allylic oxidation sites excluding steroid dienone is 8. The summed E-state index contributed by atoms with van der Waals surface area (Å²) in [5.74, 6) is -1.03. The first-order chi connectivity index (χ1) is 16.6. The summed E-state index contributed by atoms with van der Waals surface area (Å²) in [4.78, 5) is 41.5. The molecule has 202 valence electrons. The second-order valence-electron chi connectivity index (χ2n) is 12.1. The lowest BCUT2D eigenvalue weighted by Gasteiger charge is -2.57. The van der Waals surface area contributed by atoms with Crippen LogP contribution in [0.4, 0.5) is 0 Å². The molecule has 0 aromatic rings. The lowest BCUT2D eigenvalue weighted by Crippen LogP contribution is -2.64. The molecule has 1 aliphatic rings. The quantitative estimate of drug-likeness (QED) is 0.164. The Morgan fingerprint density at radius 1 is 0.861 bits per heavy atom. The van der Waals surface area contributed by atoms with E-state index in [4.69, 9.17) is 4.74 Å². The van der Waals surface area contributed by atoms with Crippen LogP contribution in [0.25, 0.3) is 0 Å². The first-order valence-electron chi connectivity index (χ1n) is 13.3. The summed E-state index contributed by atoms with van der Waals surface area (Å²) in [6, 6.07) is 0. The minimum absolute atomic E-state index is 0.0484. The highest BCUT2D eigenvalue weighted by Gasteiger charge is 2.68. The fourth-order valence-corrected chi connectivity index (χ4v) is 5.71. The van der Waals surface area contributed by atoms with E-state index >= 15 is 0 Å². The molecule has 0 aromatic carbocycles. The molecule has 1 rings (SSSR count). The molecule has 0 spiro atoms. The van der Waals surface area contributed by atoms with E-state index in [0.29, 0.717) is 19.3 Å². The van der Waals surface area contributed by atoms with E-state index < -0.39 is 22.2 Å². The van der Waals surface area contributed by atoms with Crippen LogP contribution in [0.1, 0.15) is 108 Å². The molecule has 1 saturated carbocycles. The van der Waals surface area contributed by atoms with E-state index in [-0.39, 0.29) is 23.9 Å². The summed E-state index contributed by atoms with van der Waals surface area (Å²) >= 11 is 0. The number of esters is 1. The third-order valence-corrected chi connectivity index (χ3v) is 8.23. The fraction of sp³-hybridized carbons (Fsp3) is 0.656. The summed E-state index contributed by atoms with van der Waals surface area (Å²) in [5.41, 5.74) is 1.34. The van der Waals surface area contributed by atoms with Crippen molar-refractivity contribution >= 4 is 17.5 Å². The molecule has 3 atom stereocenters. The van der Waals surface area contributed by atoms with Crippen molar-refractivity contribution in [3.8, 4) is 0 Å². The molecule has 0 aromatic heterocycles. The number of hydrogen-bond donors (Lipinski definition) is 0. The number of carbonyl (C=O) groups excluding carboxylic acids is 3. The molecule has 0 unspecified atom stereocenters. The number of ether oxygens (including phenoxy) is 1. The first kappa shape index (κ1) is 31.8. The van der Waals surface area contributed by atoms with Crippen molar-refractivity contribution in [3.05, 3.63) is 46.6 Å². The zero-order valence-electron chi connectivity index (χ0n) is 24.8. The van der Waals surface area contributed by atoms with Gasteiger partial charge in [0, 0.05) is 0 Å². The molecule has 36 heavy (non-hydrogen) atoms. The maximum atomic E-state index is 14.5. The number of ketones is 2. The van der Waals surface area contributed by atoms with Crippen molar-refractivity contribution in [2.45, 2.75) is 108 Å². The Morgan fingerprint density at radius 2 is 1.39 bits per heavy atom. The van der Waals surface area contributed by atoms with Crippen molar-refractivity contribution in [3.63, 3.8) is 0 Å². The number of hydrogen-bond acceptors (Lipinski definition) is 4. The highest BCUT2D eigenvalue weighted by molar-refractivity contribution is 6.17. The summed E-state index contributed by atoms with van der Waals surface area (Å²) in [7, 11) is 1.34. The van der Waals surface area contributed by atoms with Gasteiger partial charge in [-0.25, -0.2) is 0 Å². The van der Waals surface area contributed by atoms with Gasteiger partial charge in [-0.1, -0.05) is 60.4 Å². The van der Waals surface area contributed by atoms with Crippen LogP contribution in [-0.4, -0.2) is 24.6 Å². The van der Waals surface area contributed by atoms with Gasteiger partial charge in [-0.05, 0) is 105 Å². The smallest absolute Gasteiger partial charge is 0.319 e. The average molecular weight is 499 g/mol. The summed E-state index contributed by atoms with van der Waals surface area (Å²) < 4.78 is 5.27. The van der Waals surface area contributed by atoms with Gasteiger partial charge in [0.05, 0.1) is 12.5 Å². The van der Waals surface area contributed by atoms with Gasteiger partial charge in [0.1, 0.15) is 11.2 Å². The van der Waals surface area contributed by atoms with Gasteiger partial charge in [-0.3, -0.25) is 14.4 Å². The Bertz CT molecular complexity index is 947. The van der Waals surface area contributed by atoms with Crippen molar-refractivity contribution in [2.24, 2.45) is 22.2 Å². The maximum absolute atomic E-state index is 14.5. The Balaban J connectivity index is 3.77. The van der Waals surface area contributed by atoms with E-state index in [1.54, 1.807) is 0 Å². The van der Waals surface area contributed by atoms with Gasteiger partial charge < -0.3 is 4.74 Å². The number of methoxy groups -OCH3 is 1. The molecule has 0 bridgehead atoms. The van der Waals surface area contributed by atoms with Crippen LogP contribution in [0.15, 0.2) is 46.6 Å². The molecule has 1 aliphatic carbocycles. The van der Waals surface area contributed by atoms with Crippen molar-refractivity contribution in [2.75, 3.05) is 7.11 Å². The molecule has 0 N–H and O–H groups in total. The summed E-state index contributed by atoms with van der Waals surface area (Å²) in [6.45, 7) is 19.8. The monoisotopic (exact) mass is 498 g/mol. The Labute approximate surface area is 220 Å². The minimum atomic E-state index is -1.38. The van der Waals surface area contributed by atoms with Crippen molar-refractivity contribution in [1.82, 2.24) is 0 Å². The minimum Gasteiger partial charge on any atom is -0.468 e.